The second kappa shape index (κ2) is 7.16. The molecule has 2 aliphatic rings. The molecule has 0 radical (unpaired) electrons. The van der Waals surface area contributed by atoms with Gasteiger partial charge in [-0.25, -0.2) is 9.97 Å². The van der Waals surface area contributed by atoms with E-state index in [4.69, 9.17) is 4.98 Å². The summed E-state index contributed by atoms with van der Waals surface area (Å²) in [5, 5.41) is 0. The van der Waals surface area contributed by atoms with Crippen LogP contribution in [0.5, 0.6) is 0 Å². The molecule has 1 aromatic carbocycles. The highest BCUT2D eigenvalue weighted by molar-refractivity contribution is 5.99. The second-order valence-electron chi connectivity index (χ2n) is 7.77. The van der Waals surface area contributed by atoms with Gasteiger partial charge in [-0.15, -0.1) is 0 Å². The van der Waals surface area contributed by atoms with E-state index in [2.05, 4.69) is 47.1 Å². The van der Waals surface area contributed by atoms with Crippen LogP contribution in [0, 0.1) is 12.8 Å². The molecule has 1 atom stereocenters. The van der Waals surface area contributed by atoms with Gasteiger partial charge in [-0.05, 0) is 19.3 Å². The summed E-state index contributed by atoms with van der Waals surface area (Å²) in [4.78, 5) is 25.7. The minimum Gasteiger partial charge on any atom is -0.330 e. The lowest BCUT2D eigenvalue weighted by Crippen LogP contribution is -3.13. The van der Waals surface area contributed by atoms with Crippen LogP contribution in [0.1, 0.15) is 40.7 Å². The SMILES string of the molecule is Cc1nc(N2CC[NH+](Cc3ccccc3)CC2)nc2c1C(=O)C[C@@H](C)C2. The molecule has 136 valence electrons. The quantitative estimate of drug-likeness (QED) is 0.910. The number of aryl methyl sites for hydroxylation is 1. The van der Waals surface area contributed by atoms with Gasteiger partial charge in [0.25, 0.3) is 0 Å². The third-order valence-corrected chi connectivity index (χ3v) is 5.56. The van der Waals surface area contributed by atoms with Crippen LogP contribution >= 0.6 is 0 Å². The van der Waals surface area contributed by atoms with Crippen molar-refractivity contribution >= 4 is 11.7 Å². The van der Waals surface area contributed by atoms with Crippen LogP contribution in [0.25, 0.3) is 0 Å². The molecule has 1 aliphatic heterocycles. The normalized spacial score (nSPS) is 20.9. The van der Waals surface area contributed by atoms with E-state index in [0.717, 1.165) is 62.0 Å². The highest BCUT2D eigenvalue weighted by atomic mass is 16.1. The molecule has 2 heterocycles. The van der Waals surface area contributed by atoms with Crippen molar-refractivity contribution in [2.24, 2.45) is 5.92 Å². The molecule has 1 aromatic heterocycles. The van der Waals surface area contributed by atoms with Crippen molar-refractivity contribution in [2.45, 2.75) is 33.2 Å². The molecule has 0 spiro atoms. The van der Waals surface area contributed by atoms with Crippen LogP contribution in [0.3, 0.4) is 0 Å². The first-order chi connectivity index (χ1) is 12.6. The number of hydrogen-bond acceptors (Lipinski definition) is 4. The van der Waals surface area contributed by atoms with Gasteiger partial charge in [0, 0.05) is 12.0 Å². The van der Waals surface area contributed by atoms with Gasteiger partial charge in [-0.3, -0.25) is 4.79 Å². The number of rotatable bonds is 3. The number of aromatic nitrogens is 2. The molecular weight excluding hydrogens is 324 g/mol. The predicted octanol–water partition coefficient (Wildman–Crippen LogP) is 1.46. The minimum atomic E-state index is 0.208. The maximum absolute atomic E-state index is 12.3. The van der Waals surface area contributed by atoms with E-state index in [1.165, 1.54) is 5.56 Å². The third-order valence-electron chi connectivity index (χ3n) is 5.56. The number of ketones is 1. The number of fused-ring (bicyclic) bond motifs is 1. The Morgan fingerprint density at radius 3 is 2.58 bits per heavy atom. The van der Waals surface area contributed by atoms with Gasteiger partial charge >= 0.3 is 0 Å². The molecule has 0 saturated carbocycles. The number of quaternary nitrogens is 1. The monoisotopic (exact) mass is 351 g/mol. The van der Waals surface area contributed by atoms with Crippen molar-refractivity contribution in [3.8, 4) is 0 Å². The Labute approximate surface area is 155 Å². The van der Waals surface area contributed by atoms with Crippen molar-refractivity contribution in [1.29, 1.82) is 0 Å². The van der Waals surface area contributed by atoms with E-state index >= 15 is 0 Å². The lowest BCUT2D eigenvalue weighted by molar-refractivity contribution is -0.914. The molecule has 1 aliphatic carbocycles. The van der Waals surface area contributed by atoms with Gasteiger partial charge in [0.15, 0.2) is 5.78 Å². The van der Waals surface area contributed by atoms with Crippen molar-refractivity contribution < 1.29 is 9.69 Å². The fourth-order valence-corrected chi connectivity index (χ4v) is 4.17. The van der Waals surface area contributed by atoms with E-state index < -0.39 is 0 Å². The van der Waals surface area contributed by atoms with Crippen molar-refractivity contribution in [3.05, 3.63) is 52.8 Å². The number of piperazine rings is 1. The number of Topliss-reactive ketones (excluding diaryl/α,β-unsaturated/α-hetero) is 1. The van der Waals surface area contributed by atoms with Gasteiger partial charge < -0.3 is 9.80 Å². The molecule has 2 aromatic rings. The lowest BCUT2D eigenvalue weighted by Gasteiger charge is -2.33. The number of benzene rings is 1. The van der Waals surface area contributed by atoms with Crippen LogP contribution in [0.2, 0.25) is 0 Å². The Bertz CT molecular complexity index is 797. The Morgan fingerprint density at radius 2 is 1.85 bits per heavy atom. The summed E-state index contributed by atoms with van der Waals surface area (Å²) < 4.78 is 0. The van der Waals surface area contributed by atoms with Crippen LogP contribution in [0.4, 0.5) is 5.95 Å². The molecule has 1 fully saturated rings. The Balaban J connectivity index is 1.45. The first-order valence-corrected chi connectivity index (χ1v) is 9.63. The van der Waals surface area contributed by atoms with Crippen molar-refractivity contribution in [1.82, 2.24) is 9.97 Å². The van der Waals surface area contributed by atoms with Gasteiger partial charge in [0.2, 0.25) is 5.95 Å². The molecular formula is C21H27N4O+. The zero-order chi connectivity index (χ0) is 18.1. The average molecular weight is 351 g/mol. The van der Waals surface area contributed by atoms with E-state index in [9.17, 15) is 4.79 Å². The molecule has 1 saturated heterocycles. The van der Waals surface area contributed by atoms with E-state index in [1.54, 1.807) is 4.90 Å². The molecule has 26 heavy (non-hydrogen) atoms. The first kappa shape index (κ1) is 17.2. The van der Waals surface area contributed by atoms with Crippen LogP contribution in [-0.4, -0.2) is 41.9 Å². The fraction of sp³-hybridized carbons (Fsp3) is 0.476. The first-order valence-electron chi connectivity index (χ1n) is 9.63. The number of nitrogens with zero attached hydrogens (tertiary/aromatic N) is 3. The Hall–Kier alpha value is -2.27. The summed E-state index contributed by atoms with van der Waals surface area (Å²) in [5.74, 6) is 1.39. The third kappa shape index (κ3) is 3.49. The maximum atomic E-state index is 12.3. The van der Waals surface area contributed by atoms with Gasteiger partial charge in [-0.2, -0.15) is 0 Å². The standard InChI is InChI=1S/C21H26N4O/c1-15-12-18-20(19(26)13-15)16(2)22-21(23-18)25-10-8-24(9-11-25)14-17-6-4-3-5-7-17/h3-7,15H,8-14H2,1-2H3/p+1/t15-/m0/s1. The maximum Gasteiger partial charge on any atom is 0.226 e. The van der Waals surface area contributed by atoms with Crippen molar-refractivity contribution in [2.75, 3.05) is 31.1 Å². The Morgan fingerprint density at radius 1 is 1.12 bits per heavy atom. The lowest BCUT2D eigenvalue weighted by atomic mass is 9.86. The number of nitrogens with one attached hydrogen (secondary N) is 1. The van der Waals surface area contributed by atoms with Crippen LogP contribution in [-0.2, 0) is 13.0 Å². The zero-order valence-corrected chi connectivity index (χ0v) is 15.7. The van der Waals surface area contributed by atoms with E-state index in [0.29, 0.717) is 12.3 Å². The molecule has 0 amide bonds. The summed E-state index contributed by atoms with van der Waals surface area (Å²) in [6, 6.07) is 10.7. The Kier molecular flexibility index (Phi) is 4.72. The summed E-state index contributed by atoms with van der Waals surface area (Å²) in [5.41, 5.74) is 3.97. The van der Waals surface area contributed by atoms with Gasteiger partial charge in [-0.1, -0.05) is 37.3 Å². The average Bonchev–Trinajstić information content (AvgIpc) is 2.62. The second-order valence-corrected chi connectivity index (χ2v) is 7.77. The molecule has 5 nitrogen and oxygen atoms in total. The topological polar surface area (TPSA) is 50.5 Å². The summed E-state index contributed by atoms with van der Waals surface area (Å²) in [6.07, 6.45) is 1.51. The molecule has 0 bridgehead atoms. The van der Waals surface area contributed by atoms with Gasteiger partial charge in [0.1, 0.15) is 6.54 Å². The van der Waals surface area contributed by atoms with E-state index in [-0.39, 0.29) is 5.78 Å². The molecule has 1 N–H and O–H groups in total. The molecule has 0 unspecified atom stereocenters. The largest absolute Gasteiger partial charge is 0.330 e. The summed E-state index contributed by atoms with van der Waals surface area (Å²) in [7, 11) is 0. The van der Waals surface area contributed by atoms with E-state index in [1.807, 2.05) is 6.92 Å². The van der Waals surface area contributed by atoms with Crippen LogP contribution < -0.4 is 9.80 Å². The van der Waals surface area contributed by atoms with Gasteiger partial charge in [0.05, 0.1) is 43.1 Å². The highest BCUT2D eigenvalue weighted by Gasteiger charge is 2.29. The minimum absolute atomic E-state index is 0.208. The smallest absolute Gasteiger partial charge is 0.226 e. The fourth-order valence-electron chi connectivity index (χ4n) is 4.17. The number of carbonyl (C=O) groups excluding carboxylic acids is 1. The summed E-state index contributed by atoms with van der Waals surface area (Å²) >= 11 is 0. The number of carbonyl (C=O) groups is 1. The zero-order valence-electron chi connectivity index (χ0n) is 15.7. The molecule has 5 heteroatoms. The summed E-state index contributed by atoms with van der Waals surface area (Å²) in [6.45, 7) is 9.25. The molecule has 4 rings (SSSR count). The number of hydrogen-bond donors (Lipinski definition) is 1. The predicted molar refractivity (Wildman–Crippen MR) is 102 cm³/mol. The highest BCUT2D eigenvalue weighted by Crippen LogP contribution is 2.27. The van der Waals surface area contributed by atoms with Crippen molar-refractivity contribution in [3.63, 3.8) is 0 Å². The number of anilines is 1. The van der Waals surface area contributed by atoms with Crippen LogP contribution in [0.15, 0.2) is 30.3 Å².